The fourth-order valence-electron chi connectivity index (χ4n) is 2.74. The quantitative estimate of drug-likeness (QED) is 0.798. The van der Waals surface area contributed by atoms with Crippen molar-refractivity contribution in [3.8, 4) is 17.2 Å². The highest BCUT2D eigenvalue weighted by atomic mass is 35.5. The third-order valence-corrected chi connectivity index (χ3v) is 4.67. The van der Waals surface area contributed by atoms with E-state index in [9.17, 15) is 4.79 Å². The summed E-state index contributed by atoms with van der Waals surface area (Å²) in [7, 11) is 1.54. The van der Waals surface area contributed by atoms with Crippen molar-refractivity contribution in [1.82, 2.24) is 0 Å². The predicted molar refractivity (Wildman–Crippen MR) is 107 cm³/mol. The number of carbonyl (C=O) groups is 1. The van der Waals surface area contributed by atoms with Gasteiger partial charge in [-0.05, 0) is 37.6 Å². The van der Waals surface area contributed by atoms with Gasteiger partial charge in [0.15, 0.2) is 11.5 Å². The average molecular weight is 391 g/mol. The van der Waals surface area contributed by atoms with Gasteiger partial charge in [-0.3, -0.25) is 4.79 Å². The van der Waals surface area contributed by atoms with Gasteiger partial charge in [-0.1, -0.05) is 11.6 Å². The summed E-state index contributed by atoms with van der Waals surface area (Å²) >= 11 is 6.11. The summed E-state index contributed by atoms with van der Waals surface area (Å²) in [5.41, 5.74) is 2.22. The number of rotatable bonds is 5. The summed E-state index contributed by atoms with van der Waals surface area (Å²) in [6.07, 6.45) is 0.846. The first-order valence-corrected chi connectivity index (χ1v) is 9.17. The Bertz CT molecular complexity index is 841. The number of anilines is 2. The van der Waals surface area contributed by atoms with E-state index in [1.54, 1.807) is 19.1 Å². The van der Waals surface area contributed by atoms with Crippen molar-refractivity contribution in [2.75, 3.05) is 31.0 Å². The van der Waals surface area contributed by atoms with E-state index in [0.717, 1.165) is 23.4 Å². The Hall–Kier alpha value is -2.60. The van der Waals surface area contributed by atoms with E-state index in [1.807, 2.05) is 25.1 Å². The maximum Gasteiger partial charge on any atom is 0.246 e. The van der Waals surface area contributed by atoms with E-state index in [-0.39, 0.29) is 5.91 Å². The van der Waals surface area contributed by atoms with Crippen LogP contribution in [0, 0.1) is 6.92 Å². The first kappa shape index (κ1) is 19.2. The van der Waals surface area contributed by atoms with Gasteiger partial charge in [0.05, 0.1) is 26.0 Å². The topological polar surface area (TPSA) is 68.8 Å². The molecule has 0 saturated carbocycles. The lowest BCUT2D eigenvalue weighted by atomic mass is 10.2. The molecule has 2 aromatic rings. The summed E-state index contributed by atoms with van der Waals surface area (Å²) in [4.78, 5) is 12.6. The van der Waals surface area contributed by atoms with Crippen LogP contribution in [0.15, 0.2) is 30.3 Å². The van der Waals surface area contributed by atoms with Crippen molar-refractivity contribution >= 4 is 28.9 Å². The Balaban J connectivity index is 1.70. The normalized spacial score (nSPS) is 14.1. The van der Waals surface area contributed by atoms with Crippen LogP contribution in [0.4, 0.5) is 11.4 Å². The molecule has 6 nitrogen and oxygen atoms in total. The maximum atomic E-state index is 12.6. The standard InChI is InChI=1S/C20H23ClN2O4/c1-12-9-16(18(25-3)11-15(12)21)23-20(24)13(2)22-14-5-6-17-19(10-14)27-8-4-7-26-17/h5-6,9-11,13,22H,4,7-8H2,1-3H3,(H,23,24). The molecule has 1 aliphatic heterocycles. The SMILES string of the molecule is COc1cc(Cl)c(C)cc1NC(=O)C(C)Nc1ccc2c(c1)OCCCO2. The van der Waals surface area contributed by atoms with Crippen LogP contribution in [-0.2, 0) is 4.79 Å². The van der Waals surface area contributed by atoms with Gasteiger partial charge in [-0.2, -0.15) is 0 Å². The molecule has 2 aromatic carbocycles. The molecule has 0 saturated heterocycles. The average Bonchev–Trinajstić information content (AvgIpc) is 2.89. The molecule has 1 aliphatic rings. The van der Waals surface area contributed by atoms with Crippen LogP contribution in [0.25, 0.3) is 0 Å². The highest BCUT2D eigenvalue weighted by molar-refractivity contribution is 6.31. The van der Waals surface area contributed by atoms with Gasteiger partial charge in [0.1, 0.15) is 11.8 Å². The number of hydrogen-bond acceptors (Lipinski definition) is 5. The largest absolute Gasteiger partial charge is 0.495 e. The number of nitrogens with one attached hydrogen (secondary N) is 2. The fourth-order valence-corrected chi connectivity index (χ4v) is 2.89. The smallest absolute Gasteiger partial charge is 0.246 e. The minimum Gasteiger partial charge on any atom is -0.495 e. The number of fused-ring (bicyclic) bond motifs is 1. The summed E-state index contributed by atoms with van der Waals surface area (Å²) < 4.78 is 16.6. The molecule has 7 heteroatoms. The molecule has 2 N–H and O–H groups in total. The van der Waals surface area contributed by atoms with Crippen LogP contribution in [0.5, 0.6) is 17.2 Å². The molecule has 0 aromatic heterocycles. The second-order valence-electron chi connectivity index (χ2n) is 6.37. The molecule has 0 spiro atoms. The van der Waals surface area contributed by atoms with Crippen LogP contribution in [0.3, 0.4) is 0 Å². The van der Waals surface area contributed by atoms with Gasteiger partial charge in [-0.25, -0.2) is 0 Å². The number of ether oxygens (including phenoxy) is 3. The first-order valence-electron chi connectivity index (χ1n) is 8.79. The number of halogens is 1. The molecule has 0 radical (unpaired) electrons. The van der Waals surface area contributed by atoms with Crippen molar-refractivity contribution in [3.63, 3.8) is 0 Å². The van der Waals surface area contributed by atoms with Crippen LogP contribution in [0.1, 0.15) is 18.9 Å². The molecule has 0 fully saturated rings. The van der Waals surface area contributed by atoms with Gasteiger partial charge in [-0.15, -0.1) is 0 Å². The molecule has 144 valence electrons. The first-order chi connectivity index (χ1) is 13.0. The summed E-state index contributed by atoms with van der Waals surface area (Å²) in [6, 6.07) is 8.56. The van der Waals surface area contributed by atoms with E-state index < -0.39 is 6.04 Å². The number of hydrogen-bond donors (Lipinski definition) is 2. The van der Waals surface area contributed by atoms with Gasteiger partial charge < -0.3 is 24.8 Å². The van der Waals surface area contributed by atoms with Gasteiger partial charge >= 0.3 is 0 Å². The number of benzene rings is 2. The van der Waals surface area contributed by atoms with Crippen molar-refractivity contribution in [2.45, 2.75) is 26.3 Å². The zero-order chi connectivity index (χ0) is 19.4. The third-order valence-electron chi connectivity index (χ3n) is 4.26. The van der Waals surface area contributed by atoms with E-state index >= 15 is 0 Å². The van der Waals surface area contributed by atoms with Crippen molar-refractivity contribution in [3.05, 3.63) is 40.9 Å². The third kappa shape index (κ3) is 4.57. The monoisotopic (exact) mass is 390 g/mol. The number of amides is 1. The number of methoxy groups -OCH3 is 1. The fraction of sp³-hybridized carbons (Fsp3) is 0.350. The molecule has 1 amide bonds. The molecular weight excluding hydrogens is 368 g/mol. The zero-order valence-electron chi connectivity index (χ0n) is 15.6. The van der Waals surface area contributed by atoms with Gasteiger partial charge in [0.2, 0.25) is 5.91 Å². The second-order valence-corrected chi connectivity index (χ2v) is 6.78. The summed E-state index contributed by atoms with van der Waals surface area (Å²) in [6.45, 7) is 4.91. The minimum absolute atomic E-state index is 0.192. The summed E-state index contributed by atoms with van der Waals surface area (Å²) in [5.74, 6) is 1.72. The van der Waals surface area contributed by atoms with Crippen molar-refractivity contribution in [2.24, 2.45) is 0 Å². The van der Waals surface area contributed by atoms with Crippen LogP contribution >= 0.6 is 11.6 Å². The summed E-state index contributed by atoms with van der Waals surface area (Å²) in [5, 5.41) is 6.65. The van der Waals surface area contributed by atoms with E-state index in [2.05, 4.69) is 10.6 Å². The van der Waals surface area contributed by atoms with Crippen LogP contribution in [-0.4, -0.2) is 32.3 Å². The molecule has 1 unspecified atom stereocenters. The van der Waals surface area contributed by atoms with E-state index in [1.165, 1.54) is 7.11 Å². The lowest BCUT2D eigenvalue weighted by Crippen LogP contribution is -2.32. The number of carbonyl (C=O) groups excluding carboxylic acids is 1. The Morgan fingerprint density at radius 3 is 2.67 bits per heavy atom. The second kappa shape index (κ2) is 8.39. The molecule has 1 atom stereocenters. The van der Waals surface area contributed by atoms with Gasteiger partial charge in [0, 0.05) is 29.3 Å². The lowest BCUT2D eigenvalue weighted by molar-refractivity contribution is -0.116. The number of aryl methyl sites for hydroxylation is 1. The van der Waals surface area contributed by atoms with E-state index in [0.29, 0.717) is 35.4 Å². The highest BCUT2D eigenvalue weighted by Gasteiger charge is 2.17. The Labute approximate surface area is 163 Å². The zero-order valence-corrected chi connectivity index (χ0v) is 16.4. The van der Waals surface area contributed by atoms with Gasteiger partial charge in [0.25, 0.3) is 0 Å². The predicted octanol–water partition coefficient (Wildman–Crippen LogP) is 4.26. The Kier molecular flexibility index (Phi) is 5.96. The molecule has 1 heterocycles. The molecule has 0 bridgehead atoms. The van der Waals surface area contributed by atoms with Crippen LogP contribution in [0.2, 0.25) is 5.02 Å². The Morgan fingerprint density at radius 2 is 1.93 bits per heavy atom. The molecule has 0 aliphatic carbocycles. The lowest BCUT2D eigenvalue weighted by Gasteiger charge is -2.18. The molecular formula is C20H23ClN2O4. The van der Waals surface area contributed by atoms with Crippen LogP contribution < -0.4 is 24.8 Å². The maximum absolute atomic E-state index is 12.6. The van der Waals surface area contributed by atoms with Crippen molar-refractivity contribution in [1.29, 1.82) is 0 Å². The Morgan fingerprint density at radius 1 is 1.19 bits per heavy atom. The highest BCUT2D eigenvalue weighted by Crippen LogP contribution is 2.33. The van der Waals surface area contributed by atoms with Crippen molar-refractivity contribution < 1.29 is 19.0 Å². The molecule has 3 rings (SSSR count). The minimum atomic E-state index is -0.476. The van der Waals surface area contributed by atoms with E-state index in [4.69, 9.17) is 25.8 Å². The molecule has 27 heavy (non-hydrogen) atoms.